The number of hydrogen-bond donors (Lipinski definition) is 2. The zero-order valence-corrected chi connectivity index (χ0v) is 13.2. The topological polar surface area (TPSA) is 61.4 Å². The minimum atomic E-state index is -0.305. The Balaban J connectivity index is 1.66. The van der Waals surface area contributed by atoms with Gasteiger partial charge in [-0.1, -0.05) is 19.3 Å². The van der Waals surface area contributed by atoms with Crippen LogP contribution in [0, 0.1) is 0 Å². The highest BCUT2D eigenvalue weighted by Crippen LogP contribution is 2.17. The van der Waals surface area contributed by atoms with Gasteiger partial charge >= 0.3 is 0 Å². The summed E-state index contributed by atoms with van der Waals surface area (Å²) < 4.78 is 0. The summed E-state index contributed by atoms with van der Waals surface area (Å²) in [4.78, 5) is 26.1. The van der Waals surface area contributed by atoms with E-state index in [0.29, 0.717) is 6.04 Å². The first kappa shape index (κ1) is 16.3. The first-order chi connectivity index (χ1) is 10.2. The fourth-order valence-corrected chi connectivity index (χ4v) is 3.16. The maximum absolute atomic E-state index is 12.1. The summed E-state index contributed by atoms with van der Waals surface area (Å²) in [6, 6.07) is 0.0222. The Morgan fingerprint density at radius 1 is 1.05 bits per heavy atom. The molecule has 1 aliphatic heterocycles. The quantitative estimate of drug-likeness (QED) is 0.806. The van der Waals surface area contributed by atoms with Gasteiger partial charge in [0.1, 0.15) is 0 Å². The number of nitrogens with one attached hydrogen (secondary N) is 2. The third-order valence-electron chi connectivity index (χ3n) is 4.61. The standard InChI is InChI=1S/C16H29N3O2/c1-13(16(21)18-14-8-4-2-5-9-14)17-12-15(20)19-10-6-3-7-11-19/h13-14,17H,2-12H2,1H3,(H,18,21). The van der Waals surface area contributed by atoms with Crippen LogP contribution in [0.4, 0.5) is 0 Å². The van der Waals surface area contributed by atoms with Gasteiger partial charge in [-0.05, 0) is 39.0 Å². The molecule has 5 heteroatoms. The molecule has 0 aromatic heterocycles. The van der Waals surface area contributed by atoms with Crippen molar-refractivity contribution in [2.75, 3.05) is 19.6 Å². The van der Waals surface area contributed by atoms with E-state index in [2.05, 4.69) is 10.6 Å². The Hall–Kier alpha value is -1.10. The molecule has 0 spiro atoms. The number of carbonyl (C=O) groups is 2. The Kier molecular flexibility index (Phi) is 6.49. The molecule has 0 aromatic rings. The van der Waals surface area contributed by atoms with E-state index in [1.165, 1.54) is 25.7 Å². The lowest BCUT2D eigenvalue weighted by atomic mass is 9.95. The van der Waals surface area contributed by atoms with Crippen molar-refractivity contribution in [2.45, 2.75) is 70.4 Å². The lowest BCUT2D eigenvalue weighted by Gasteiger charge is -2.28. The van der Waals surface area contributed by atoms with E-state index in [1.807, 2.05) is 11.8 Å². The summed E-state index contributed by atoms with van der Waals surface area (Å²) in [5.74, 6) is 0.139. The molecule has 1 saturated carbocycles. The molecule has 2 rings (SSSR count). The van der Waals surface area contributed by atoms with E-state index in [4.69, 9.17) is 0 Å². The fourth-order valence-electron chi connectivity index (χ4n) is 3.16. The fraction of sp³-hybridized carbons (Fsp3) is 0.875. The predicted molar refractivity (Wildman–Crippen MR) is 82.9 cm³/mol. The van der Waals surface area contributed by atoms with Crippen LogP contribution in [0.15, 0.2) is 0 Å². The van der Waals surface area contributed by atoms with Gasteiger partial charge in [-0.25, -0.2) is 0 Å². The van der Waals surface area contributed by atoms with Gasteiger partial charge in [-0.2, -0.15) is 0 Å². The summed E-state index contributed by atoms with van der Waals surface area (Å²) in [5, 5.41) is 6.16. The SMILES string of the molecule is CC(NCC(=O)N1CCCCC1)C(=O)NC1CCCCC1. The van der Waals surface area contributed by atoms with E-state index in [9.17, 15) is 9.59 Å². The number of hydrogen-bond acceptors (Lipinski definition) is 3. The largest absolute Gasteiger partial charge is 0.352 e. The normalized spacial score (nSPS) is 21.9. The van der Waals surface area contributed by atoms with E-state index in [-0.39, 0.29) is 24.4 Å². The van der Waals surface area contributed by atoms with E-state index >= 15 is 0 Å². The zero-order chi connectivity index (χ0) is 15.1. The van der Waals surface area contributed by atoms with Gasteiger partial charge in [-0.3, -0.25) is 14.9 Å². The second-order valence-electron chi connectivity index (χ2n) is 6.39. The number of amides is 2. The highest BCUT2D eigenvalue weighted by atomic mass is 16.2. The van der Waals surface area contributed by atoms with Crippen LogP contribution < -0.4 is 10.6 Å². The number of likely N-dealkylation sites (tertiary alicyclic amines) is 1. The van der Waals surface area contributed by atoms with Crippen LogP contribution in [0.25, 0.3) is 0 Å². The van der Waals surface area contributed by atoms with Gasteiger partial charge < -0.3 is 10.2 Å². The van der Waals surface area contributed by atoms with Gasteiger partial charge in [0.15, 0.2) is 0 Å². The highest BCUT2D eigenvalue weighted by molar-refractivity contribution is 5.83. The third-order valence-corrected chi connectivity index (χ3v) is 4.61. The summed E-state index contributed by atoms with van der Waals surface area (Å²) in [6.45, 7) is 3.83. The molecule has 21 heavy (non-hydrogen) atoms. The first-order valence-electron chi connectivity index (χ1n) is 8.48. The molecular formula is C16H29N3O2. The second kappa shape index (κ2) is 8.37. The number of carbonyl (C=O) groups excluding carboxylic acids is 2. The maximum atomic E-state index is 12.1. The van der Waals surface area contributed by atoms with Crippen LogP contribution in [0.5, 0.6) is 0 Å². The van der Waals surface area contributed by atoms with E-state index in [0.717, 1.165) is 38.8 Å². The van der Waals surface area contributed by atoms with Crippen molar-refractivity contribution < 1.29 is 9.59 Å². The van der Waals surface area contributed by atoms with Gasteiger partial charge in [0.25, 0.3) is 0 Å². The average Bonchev–Trinajstić information content (AvgIpc) is 2.54. The summed E-state index contributed by atoms with van der Waals surface area (Å²) in [7, 11) is 0. The Morgan fingerprint density at radius 2 is 1.67 bits per heavy atom. The Bertz CT molecular complexity index is 347. The van der Waals surface area contributed by atoms with Crippen LogP contribution in [0.3, 0.4) is 0 Å². The molecule has 1 saturated heterocycles. The lowest BCUT2D eigenvalue weighted by molar-refractivity contribution is -0.131. The van der Waals surface area contributed by atoms with Crippen LogP contribution >= 0.6 is 0 Å². The molecule has 1 unspecified atom stereocenters. The summed E-state index contributed by atoms with van der Waals surface area (Å²) in [6.07, 6.45) is 9.30. The van der Waals surface area contributed by atoms with E-state index < -0.39 is 0 Å². The van der Waals surface area contributed by atoms with Crippen molar-refractivity contribution in [3.05, 3.63) is 0 Å². The number of rotatable bonds is 5. The van der Waals surface area contributed by atoms with Crippen molar-refractivity contribution >= 4 is 11.8 Å². The minimum absolute atomic E-state index is 0.0216. The lowest BCUT2D eigenvalue weighted by Crippen LogP contribution is -2.50. The molecule has 2 N–H and O–H groups in total. The predicted octanol–water partition coefficient (Wildman–Crippen LogP) is 1.43. The highest BCUT2D eigenvalue weighted by Gasteiger charge is 2.21. The molecule has 1 heterocycles. The van der Waals surface area contributed by atoms with Crippen molar-refractivity contribution in [1.82, 2.24) is 15.5 Å². The zero-order valence-electron chi connectivity index (χ0n) is 13.2. The van der Waals surface area contributed by atoms with Crippen LogP contribution in [0.1, 0.15) is 58.3 Å². The van der Waals surface area contributed by atoms with Crippen LogP contribution in [-0.4, -0.2) is 48.4 Å². The number of nitrogens with zero attached hydrogens (tertiary/aromatic N) is 1. The van der Waals surface area contributed by atoms with Crippen LogP contribution in [-0.2, 0) is 9.59 Å². The molecule has 2 fully saturated rings. The van der Waals surface area contributed by atoms with Crippen molar-refractivity contribution in [3.8, 4) is 0 Å². The summed E-state index contributed by atoms with van der Waals surface area (Å²) in [5.41, 5.74) is 0. The minimum Gasteiger partial charge on any atom is -0.352 e. The average molecular weight is 295 g/mol. The second-order valence-corrected chi connectivity index (χ2v) is 6.39. The molecule has 0 aromatic carbocycles. The monoisotopic (exact) mass is 295 g/mol. The van der Waals surface area contributed by atoms with Gasteiger partial charge in [0.05, 0.1) is 12.6 Å². The molecule has 0 radical (unpaired) electrons. The van der Waals surface area contributed by atoms with Gasteiger partial charge in [-0.15, -0.1) is 0 Å². The van der Waals surface area contributed by atoms with Crippen molar-refractivity contribution in [2.24, 2.45) is 0 Å². The molecule has 2 aliphatic rings. The van der Waals surface area contributed by atoms with Gasteiger partial charge in [0.2, 0.25) is 11.8 Å². The summed E-state index contributed by atoms with van der Waals surface area (Å²) >= 11 is 0. The molecule has 2 amide bonds. The Labute approximate surface area is 127 Å². The molecule has 5 nitrogen and oxygen atoms in total. The smallest absolute Gasteiger partial charge is 0.237 e. The number of piperidine rings is 1. The molecular weight excluding hydrogens is 266 g/mol. The molecule has 1 aliphatic carbocycles. The van der Waals surface area contributed by atoms with Crippen LogP contribution in [0.2, 0.25) is 0 Å². The third kappa shape index (κ3) is 5.30. The molecule has 0 bridgehead atoms. The molecule has 1 atom stereocenters. The van der Waals surface area contributed by atoms with Crippen molar-refractivity contribution in [1.29, 1.82) is 0 Å². The van der Waals surface area contributed by atoms with Crippen molar-refractivity contribution in [3.63, 3.8) is 0 Å². The van der Waals surface area contributed by atoms with E-state index in [1.54, 1.807) is 0 Å². The van der Waals surface area contributed by atoms with Gasteiger partial charge in [0, 0.05) is 19.1 Å². The maximum Gasteiger partial charge on any atom is 0.237 e. The first-order valence-corrected chi connectivity index (χ1v) is 8.48. The molecule has 120 valence electrons. The Morgan fingerprint density at radius 3 is 2.33 bits per heavy atom.